The Morgan fingerprint density at radius 2 is 2.19 bits per heavy atom. The highest BCUT2D eigenvalue weighted by Crippen LogP contribution is 2.48. The predicted octanol–water partition coefficient (Wildman–Crippen LogP) is 3.11. The highest BCUT2D eigenvalue weighted by Gasteiger charge is 2.37. The second-order valence-electron chi connectivity index (χ2n) is 4.71. The SMILES string of the molecule is CCCNC(CC)c1nnc(C2CC2C)s1. The van der Waals surface area contributed by atoms with E-state index in [1.54, 1.807) is 11.3 Å². The standard InChI is InChI=1S/C12H21N3S/c1-4-6-13-10(5-2)12-15-14-11(16-12)9-7-8(9)3/h8-10,13H,4-7H2,1-3H3. The number of hydrogen-bond acceptors (Lipinski definition) is 4. The van der Waals surface area contributed by atoms with Crippen LogP contribution in [0, 0.1) is 5.92 Å². The Morgan fingerprint density at radius 3 is 2.75 bits per heavy atom. The van der Waals surface area contributed by atoms with E-state index in [9.17, 15) is 0 Å². The van der Waals surface area contributed by atoms with Gasteiger partial charge in [-0.1, -0.05) is 32.1 Å². The Morgan fingerprint density at radius 1 is 1.44 bits per heavy atom. The molecular formula is C12H21N3S. The van der Waals surface area contributed by atoms with Crippen molar-refractivity contribution in [3.8, 4) is 0 Å². The summed E-state index contributed by atoms with van der Waals surface area (Å²) in [7, 11) is 0. The van der Waals surface area contributed by atoms with Gasteiger partial charge in [-0.25, -0.2) is 0 Å². The topological polar surface area (TPSA) is 37.8 Å². The first-order valence-corrected chi connectivity index (χ1v) is 7.14. The molecule has 1 aliphatic carbocycles. The van der Waals surface area contributed by atoms with Crippen molar-refractivity contribution in [2.75, 3.05) is 6.54 Å². The molecule has 16 heavy (non-hydrogen) atoms. The largest absolute Gasteiger partial charge is 0.308 e. The van der Waals surface area contributed by atoms with Gasteiger partial charge in [-0.3, -0.25) is 0 Å². The fourth-order valence-electron chi connectivity index (χ4n) is 1.93. The molecule has 1 aromatic rings. The van der Waals surface area contributed by atoms with Crippen LogP contribution in [0.2, 0.25) is 0 Å². The first-order chi connectivity index (χ1) is 7.76. The normalized spacial score (nSPS) is 25.7. The van der Waals surface area contributed by atoms with Crippen molar-refractivity contribution in [2.45, 2.75) is 52.0 Å². The van der Waals surface area contributed by atoms with Crippen LogP contribution in [0.15, 0.2) is 0 Å². The lowest BCUT2D eigenvalue weighted by Crippen LogP contribution is -2.21. The van der Waals surface area contributed by atoms with Crippen molar-refractivity contribution in [3.63, 3.8) is 0 Å². The third-order valence-corrected chi connectivity index (χ3v) is 4.40. The summed E-state index contributed by atoms with van der Waals surface area (Å²) in [6.07, 6.45) is 3.56. The summed E-state index contributed by atoms with van der Waals surface area (Å²) in [5, 5.41) is 14.6. The molecule has 2 rings (SSSR count). The molecule has 0 aliphatic heterocycles. The summed E-state index contributed by atoms with van der Waals surface area (Å²) in [6, 6.07) is 0.403. The van der Waals surface area contributed by atoms with Gasteiger partial charge in [-0.15, -0.1) is 10.2 Å². The van der Waals surface area contributed by atoms with Crippen LogP contribution in [0.4, 0.5) is 0 Å². The van der Waals surface area contributed by atoms with Crippen LogP contribution >= 0.6 is 11.3 Å². The van der Waals surface area contributed by atoms with Gasteiger partial charge in [0, 0.05) is 5.92 Å². The summed E-state index contributed by atoms with van der Waals surface area (Å²) in [5.41, 5.74) is 0. The fourth-order valence-corrected chi connectivity index (χ4v) is 3.18. The van der Waals surface area contributed by atoms with Crippen molar-refractivity contribution >= 4 is 11.3 Å². The van der Waals surface area contributed by atoms with Crippen molar-refractivity contribution in [1.82, 2.24) is 15.5 Å². The highest BCUT2D eigenvalue weighted by molar-refractivity contribution is 7.11. The number of rotatable bonds is 6. The molecule has 1 aromatic heterocycles. The quantitative estimate of drug-likeness (QED) is 0.829. The zero-order valence-electron chi connectivity index (χ0n) is 10.4. The molecular weight excluding hydrogens is 218 g/mol. The fraction of sp³-hybridized carbons (Fsp3) is 0.833. The van der Waals surface area contributed by atoms with Gasteiger partial charge in [0.15, 0.2) is 0 Å². The third-order valence-electron chi connectivity index (χ3n) is 3.23. The molecule has 0 saturated heterocycles. The summed E-state index contributed by atoms with van der Waals surface area (Å²) < 4.78 is 0. The van der Waals surface area contributed by atoms with Gasteiger partial charge in [0.05, 0.1) is 6.04 Å². The second kappa shape index (κ2) is 5.23. The van der Waals surface area contributed by atoms with Crippen molar-refractivity contribution in [2.24, 2.45) is 5.92 Å². The molecule has 1 fully saturated rings. The average Bonchev–Trinajstić information content (AvgIpc) is 2.82. The molecule has 4 heteroatoms. The maximum absolute atomic E-state index is 4.34. The lowest BCUT2D eigenvalue weighted by Gasteiger charge is -2.12. The Hall–Kier alpha value is -0.480. The van der Waals surface area contributed by atoms with Crippen LogP contribution in [0.5, 0.6) is 0 Å². The van der Waals surface area contributed by atoms with E-state index in [0.29, 0.717) is 12.0 Å². The third kappa shape index (κ3) is 2.61. The average molecular weight is 239 g/mol. The molecule has 3 unspecified atom stereocenters. The molecule has 1 saturated carbocycles. The van der Waals surface area contributed by atoms with E-state index in [4.69, 9.17) is 0 Å². The van der Waals surface area contributed by atoms with Crippen LogP contribution in [0.25, 0.3) is 0 Å². The molecule has 0 spiro atoms. The van der Waals surface area contributed by atoms with E-state index in [2.05, 4.69) is 36.3 Å². The van der Waals surface area contributed by atoms with Crippen molar-refractivity contribution < 1.29 is 0 Å². The summed E-state index contributed by atoms with van der Waals surface area (Å²) >= 11 is 1.81. The van der Waals surface area contributed by atoms with E-state index in [1.807, 2.05) is 0 Å². The van der Waals surface area contributed by atoms with Crippen molar-refractivity contribution in [3.05, 3.63) is 10.0 Å². The van der Waals surface area contributed by atoms with Crippen LogP contribution in [0.1, 0.15) is 62.0 Å². The number of hydrogen-bond donors (Lipinski definition) is 1. The minimum absolute atomic E-state index is 0.403. The number of nitrogens with one attached hydrogen (secondary N) is 1. The van der Waals surface area contributed by atoms with E-state index in [0.717, 1.165) is 18.9 Å². The molecule has 3 atom stereocenters. The van der Waals surface area contributed by atoms with Gasteiger partial charge in [-0.2, -0.15) is 0 Å². The van der Waals surface area contributed by atoms with E-state index >= 15 is 0 Å². The van der Waals surface area contributed by atoms with Gasteiger partial charge in [0.25, 0.3) is 0 Å². The zero-order chi connectivity index (χ0) is 11.5. The van der Waals surface area contributed by atoms with Crippen LogP contribution in [-0.2, 0) is 0 Å². The minimum Gasteiger partial charge on any atom is -0.308 e. The first kappa shape index (κ1) is 12.0. The van der Waals surface area contributed by atoms with Gasteiger partial charge in [0.2, 0.25) is 0 Å². The number of aromatic nitrogens is 2. The van der Waals surface area contributed by atoms with E-state index < -0.39 is 0 Å². The Bertz CT molecular complexity index is 337. The van der Waals surface area contributed by atoms with Gasteiger partial charge >= 0.3 is 0 Å². The Balaban J connectivity index is 1.98. The lowest BCUT2D eigenvalue weighted by atomic mass is 10.2. The maximum Gasteiger partial charge on any atom is 0.134 e. The Labute approximate surface area is 102 Å². The molecule has 0 radical (unpaired) electrons. The smallest absolute Gasteiger partial charge is 0.134 e. The molecule has 0 aromatic carbocycles. The van der Waals surface area contributed by atoms with Gasteiger partial charge in [-0.05, 0) is 31.7 Å². The van der Waals surface area contributed by atoms with Crippen LogP contribution in [-0.4, -0.2) is 16.7 Å². The van der Waals surface area contributed by atoms with Crippen LogP contribution in [0.3, 0.4) is 0 Å². The van der Waals surface area contributed by atoms with Crippen LogP contribution < -0.4 is 5.32 Å². The molecule has 0 amide bonds. The molecule has 3 nitrogen and oxygen atoms in total. The van der Waals surface area contributed by atoms with Crippen molar-refractivity contribution in [1.29, 1.82) is 0 Å². The van der Waals surface area contributed by atoms with Gasteiger partial charge in [0.1, 0.15) is 10.0 Å². The first-order valence-electron chi connectivity index (χ1n) is 6.32. The maximum atomic E-state index is 4.34. The molecule has 90 valence electrons. The molecule has 1 heterocycles. The highest BCUT2D eigenvalue weighted by atomic mass is 32.1. The number of nitrogens with zero attached hydrogens (tertiary/aromatic N) is 2. The summed E-state index contributed by atoms with van der Waals surface area (Å²) in [6.45, 7) is 7.75. The summed E-state index contributed by atoms with van der Waals surface area (Å²) in [5.74, 6) is 1.53. The molecule has 1 N–H and O–H groups in total. The Kier molecular flexibility index (Phi) is 3.92. The lowest BCUT2D eigenvalue weighted by molar-refractivity contribution is 0.512. The van der Waals surface area contributed by atoms with Gasteiger partial charge < -0.3 is 5.32 Å². The zero-order valence-corrected chi connectivity index (χ0v) is 11.2. The molecule has 1 aliphatic rings. The summed E-state index contributed by atoms with van der Waals surface area (Å²) in [4.78, 5) is 0. The second-order valence-corrected chi connectivity index (χ2v) is 5.75. The van der Waals surface area contributed by atoms with E-state index in [-0.39, 0.29) is 0 Å². The van der Waals surface area contributed by atoms with E-state index in [1.165, 1.54) is 22.9 Å². The minimum atomic E-state index is 0.403. The predicted molar refractivity (Wildman–Crippen MR) is 67.8 cm³/mol. The molecule has 0 bridgehead atoms. The monoisotopic (exact) mass is 239 g/mol.